The zero-order valence-electron chi connectivity index (χ0n) is 10.2. The lowest BCUT2D eigenvalue weighted by Crippen LogP contribution is -2.22. The van der Waals surface area contributed by atoms with Crippen molar-refractivity contribution in [3.8, 4) is 6.07 Å². The normalized spacial score (nSPS) is 9.76. The molecule has 0 spiro atoms. The lowest BCUT2D eigenvalue weighted by Gasteiger charge is -2.11. The first-order chi connectivity index (χ1) is 8.10. The molecule has 0 aromatic carbocycles. The molecule has 1 heterocycles. The van der Waals surface area contributed by atoms with Crippen molar-refractivity contribution in [2.24, 2.45) is 0 Å². The van der Waals surface area contributed by atoms with Crippen molar-refractivity contribution in [1.82, 2.24) is 9.88 Å². The predicted molar refractivity (Wildman–Crippen MR) is 68.0 cm³/mol. The van der Waals surface area contributed by atoms with Crippen LogP contribution in [-0.4, -0.2) is 35.6 Å². The minimum atomic E-state index is -0.0969. The van der Waals surface area contributed by atoms with Crippen LogP contribution < -0.4 is 0 Å². The maximum atomic E-state index is 11.8. The van der Waals surface area contributed by atoms with Gasteiger partial charge in [0.05, 0.1) is 5.56 Å². The van der Waals surface area contributed by atoms with Crippen molar-refractivity contribution < 1.29 is 4.79 Å². The maximum absolute atomic E-state index is 11.8. The molecule has 0 aliphatic heterocycles. The van der Waals surface area contributed by atoms with Gasteiger partial charge < -0.3 is 4.90 Å². The predicted octanol–water partition coefficient (Wildman–Crippen LogP) is 2.16. The first-order valence-electron chi connectivity index (χ1n) is 5.34. The number of nitriles is 1. The van der Waals surface area contributed by atoms with Crippen molar-refractivity contribution in [3.63, 3.8) is 0 Å². The van der Waals surface area contributed by atoms with Crippen molar-refractivity contribution in [3.05, 3.63) is 23.5 Å². The largest absolute Gasteiger partial charge is 0.345 e. The molecule has 0 bridgehead atoms. The van der Waals surface area contributed by atoms with Crippen molar-refractivity contribution in [2.45, 2.75) is 18.2 Å². The quantitative estimate of drug-likeness (QED) is 0.767. The van der Waals surface area contributed by atoms with Crippen LogP contribution in [-0.2, 0) is 0 Å². The average Bonchev–Trinajstić information content (AvgIpc) is 2.34. The number of carbonyl (C=O) groups is 1. The summed E-state index contributed by atoms with van der Waals surface area (Å²) >= 11 is 1.56. The summed E-state index contributed by atoms with van der Waals surface area (Å²) in [5, 5.41) is 8.94. The van der Waals surface area contributed by atoms with Gasteiger partial charge in [-0.15, -0.1) is 11.8 Å². The number of nitrogens with zero attached hydrogens (tertiary/aromatic N) is 3. The van der Waals surface area contributed by atoms with Crippen molar-refractivity contribution >= 4 is 17.7 Å². The van der Waals surface area contributed by atoms with Gasteiger partial charge in [-0.2, -0.15) is 5.26 Å². The summed E-state index contributed by atoms with van der Waals surface area (Å²) in [6.07, 6.45) is 2.47. The van der Waals surface area contributed by atoms with Crippen LogP contribution in [0.25, 0.3) is 0 Å². The Labute approximate surface area is 106 Å². The molecule has 1 rings (SSSR count). The van der Waals surface area contributed by atoms with Gasteiger partial charge in [-0.25, -0.2) is 4.98 Å². The van der Waals surface area contributed by atoms with Gasteiger partial charge in [0.1, 0.15) is 6.07 Å². The fourth-order valence-corrected chi connectivity index (χ4v) is 2.10. The number of hydrogen-bond donors (Lipinski definition) is 0. The molecule has 0 unspecified atom stereocenters. The van der Waals surface area contributed by atoms with Gasteiger partial charge in [-0.05, 0) is 18.2 Å². The number of aromatic nitrogens is 1. The third kappa shape index (κ3) is 3.46. The van der Waals surface area contributed by atoms with Gasteiger partial charge in [-0.3, -0.25) is 4.79 Å². The van der Waals surface area contributed by atoms with E-state index >= 15 is 0 Å². The minimum Gasteiger partial charge on any atom is -0.345 e. The Hall–Kier alpha value is -1.54. The molecule has 0 aliphatic carbocycles. The van der Waals surface area contributed by atoms with E-state index in [0.717, 1.165) is 17.1 Å². The second kappa shape index (κ2) is 6.26. The van der Waals surface area contributed by atoms with E-state index < -0.39 is 0 Å². The van der Waals surface area contributed by atoms with E-state index in [1.807, 2.05) is 6.07 Å². The molecule has 4 nitrogen and oxygen atoms in total. The molecule has 0 saturated carbocycles. The van der Waals surface area contributed by atoms with Crippen LogP contribution in [0.5, 0.6) is 0 Å². The first-order valence-corrected chi connectivity index (χ1v) is 6.33. The highest BCUT2D eigenvalue weighted by molar-refractivity contribution is 7.99. The first kappa shape index (κ1) is 13.5. The summed E-state index contributed by atoms with van der Waals surface area (Å²) in [6, 6.07) is 3.79. The molecule has 0 saturated heterocycles. The Morgan fingerprint density at radius 1 is 1.59 bits per heavy atom. The third-order valence-electron chi connectivity index (χ3n) is 2.07. The molecule has 0 atom stereocenters. The van der Waals surface area contributed by atoms with E-state index in [-0.39, 0.29) is 5.91 Å². The molecule has 1 amide bonds. The number of pyridine rings is 1. The van der Waals surface area contributed by atoms with Crippen LogP contribution in [0, 0.1) is 11.3 Å². The van der Waals surface area contributed by atoms with Crippen LogP contribution in [0.3, 0.4) is 0 Å². The number of rotatable bonds is 4. The average molecular weight is 249 g/mol. The van der Waals surface area contributed by atoms with Crippen molar-refractivity contribution in [1.29, 1.82) is 5.26 Å². The maximum Gasteiger partial charge on any atom is 0.254 e. The molecule has 1 aromatic rings. The van der Waals surface area contributed by atoms with Gasteiger partial charge in [0.2, 0.25) is 0 Å². The zero-order valence-corrected chi connectivity index (χ0v) is 11.0. The molecular formula is C12H15N3OS. The fourth-order valence-electron chi connectivity index (χ4n) is 1.23. The molecule has 0 aliphatic rings. The Balaban J connectivity index is 3.05. The Morgan fingerprint density at radius 2 is 2.29 bits per heavy atom. The zero-order chi connectivity index (χ0) is 12.8. The van der Waals surface area contributed by atoms with Gasteiger partial charge in [-0.1, -0.05) is 6.92 Å². The summed E-state index contributed by atoms with van der Waals surface area (Å²) in [5.74, 6) is 0.816. The highest BCUT2D eigenvalue weighted by Gasteiger charge is 2.12. The third-order valence-corrected chi connectivity index (χ3v) is 3.31. The summed E-state index contributed by atoms with van der Waals surface area (Å²) < 4.78 is 0. The summed E-state index contributed by atoms with van der Waals surface area (Å²) in [6.45, 7) is 2.07. The molecule has 5 heteroatoms. The lowest BCUT2D eigenvalue weighted by atomic mass is 10.2. The number of amides is 1. The second-order valence-corrected chi connectivity index (χ2v) is 4.87. The Morgan fingerprint density at radius 3 is 2.82 bits per heavy atom. The lowest BCUT2D eigenvalue weighted by molar-refractivity contribution is 0.0827. The Bertz CT molecular complexity index is 452. The molecule has 0 fully saturated rings. The van der Waals surface area contributed by atoms with E-state index in [1.165, 1.54) is 11.1 Å². The molecule has 0 radical (unpaired) electrons. The van der Waals surface area contributed by atoms with E-state index in [2.05, 4.69) is 11.9 Å². The van der Waals surface area contributed by atoms with Gasteiger partial charge in [0, 0.05) is 25.2 Å². The van der Waals surface area contributed by atoms with Crippen molar-refractivity contribution in [2.75, 3.05) is 19.8 Å². The summed E-state index contributed by atoms with van der Waals surface area (Å²) in [4.78, 5) is 18.1. The van der Waals surface area contributed by atoms with Crippen LogP contribution >= 0.6 is 11.8 Å². The minimum absolute atomic E-state index is 0.0969. The highest BCUT2D eigenvalue weighted by atomic mass is 32.2. The van der Waals surface area contributed by atoms with Gasteiger partial charge in [0.15, 0.2) is 5.69 Å². The Kier molecular flexibility index (Phi) is 4.98. The number of hydrogen-bond acceptors (Lipinski definition) is 4. The smallest absolute Gasteiger partial charge is 0.254 e. The second-order valence-electron chi connectivity index (χ2n) is 3.73. The summed E-state index contributed by atoms with van der Waals surface area (Å²) in [7, 11) is 3.39. The van der Waals surface area contributed by atoms with Crippen LogP contribution in [0.15, 0.2) is 17.2 Å². The van der Waals surface area contributed by atoms with Crippen LogP contribution in [0.1, 0.15) is 29.4 Å². The topological polar surface area (TPSA) is 57.0 Å². The molecule has 0 N–H and O–H groups in total. The van der Waals surface area contributed by atoms with Gasteiger partial charge in [0.25, 0.3) is 5.91 Å². The molecular weight excluding hydrogens is 234 g/mol. The summed E-state index contributed by atoms with van der Waals surface area (Å²) in [5.41, 5.74) is 0.909. The molecule has 90 valence electrons. The monoisotopic (exact) mass is 249 g/mol. The fraction of sp³-hybridized carbons (Fsp3) is 0.417. The SMILES string of the molecule is CCCSc1cc(C(=O)N(C)C)cnc1C#N. The highest BCUT2D eigenvalue weighted by Crippen LogP contribution is 2.23. The standard InChI is InChI=1S/C12H15N3OS/c1-4-5-17-11-6-9(12(16)15(2)3)8-14-10(11)7-13/h6,8H,4-5H2,1-3H3. The molecule has 17 heavy (non-hydrogen) atoms. The number of carbonyl (C=O) groups excluding carboxylic acids is 1. The van der Waals surface area contributed by atoms with E-state index in [0.29, 0.717) is 11.3 Å². The molecule has 1 aromatic heterocycles. The number of thioether (sulfide) groups is 1. The van der Waals surface area contributed by atoms with Crippen LogP contribution in [0.4, 0.5) is 0 Å². The van der Waals surface area contributed by atoms with E-state index in [1.54, 1.807) is 31.9 Å². The van der Waals surface area contributed by atoms with E-state index in [9.17, 15) is 4.79 Å². The van der Waals surface area contributed by atoms with E-state index in [4.69, 9.17) is 5.26 Å². The van der Waals surface area contributed by atoms with Crippen LogP contribution in [0.2, 0.25) is 0 Å². The van der Waals surface area contributed by atoms with Gasteiger partial charge >= 0.3 is 0 Å².